The number of nitro groups is 1. The van der Waals surface area contributed by atoms with E-state index in [4.69, 9.17) is 25.8 Å². The Labute approximate surface area is 141 Å². The molecule has 0 bridgehead atoms. The highest BCUT2D eigenvalue weighted by Gasteiger charge is 2.20. The number of carbonyl (C=O) groups is 1. The van der Waals surface area contributed by atoms with Gasteiger partial charge >= 0.3 is 5.97 Å². The Balaban J connectivity index is 1.73. The van der Waals surface area contributed by atoms with Crippen LogP contribution in [0.15, 0.2) is 24.4 Å². The topological polar surface area (TPSA) is 92.8 Å². The lowest BCUT2D eigenvalue weighted by Gasteiger charge is -2.20. The molecule has 0 unspecified atom stereocenters. The molecular formula is C15H13ClN2O6. The molecule has 0 saturated carbocycles. The maximum atomic E-state index is 12.1. The van der Waals surface area contributed by atoms with Crippen LogP contribution in [0.2, 0.25) is 5.02 Å². The predicted octanol–water partition coefficient (Wildman–Crippen LogP) is 2.71. The molecule has 0 spiro atoms. The van der Waals surface area contributed by atoms with Gasteiger partial charge in [0.2, 0.25) is 0 Å². The van der Waals surface area contributed by atoms with Crippen LogP contribution in [-0.2, 0) is 18.4 Å². The fourth-order valence-corrected chi connectivity index (χ4v) is 2.61. The lowest BCUT2D eigenvalue weighted by Crippen LogP contribution is -2.16. The van der Waals surface area contributed by atoms with Crippen LogP contribution in [0.1, 0.15) is 16.1 Å². The minimum absolute atomic E-state index is 0.0474. The van der Waals surface area contributed by atoms with Gasteiger partial charge in [-0.05, 0) is 17.7 Å². The van der Waals surface area contributed by atoms with E-state index in [1.54, 1.807) is 12.1 Å². The summed E-state index contributed by atoms with van der Waals surface area (Å²) in [5, 5.41) is 11.1. The largest absolute Gasteiger partial charge is 0.486 e. The van der Waals surface area contributed by atoms with Crippen LogP contribution in [0.3, 0.4) is 0 Å². The van der Waals surface area contributed by atoms with E-state index in [0.29, 0.717) is 35.3 Å². The number of nitrogens with zero attached hydrogens (tertiary/aromatic N) is 2. The van der Waals surface area contributed by atoms with Gasteiger partial charge in [-0.1, -0.05) is 11.6 Å². The first-order chi connectivity index (χ1) is 11.5. The lowest BCUT2D eigenvalue weighted by atomic mass is 10.2. The quantitative estimate of drug-likeness (QED) is 0.477. The fraction of sp³-hybridized carbons (Fsp3) is 0.267. The molecule has 0 saturated heterocycles. The predicted molar refractivity (Wildman–Crippen MR) is 83.6 cm³/mol. The first kappa shape index (κ1) is 16.1. The van der Waals surface area contributed by atoms with Gasteiger partial charge in [-0.2, -0.15) is 0 Å². The van der Waals surface area contributed by atoms with Gasteiger partial charge in [-0.15, -0.1) is 0 Å². The monoisotopic (exact) mass is 352 g/mol. The number of aryl methyl sites for hydroxylation is 1. The van der Waals surface area contributed by atoms with Gasteiger partial charge < -0.3 is 18.8 Å². The summed E-state index contributed by atoms with van der Waals surface area (Å²) in [6, 6.07) is 4.47. The van der Waals surface area contributed by atoms with E-state index in [1.807, 2.05) is 0 Å². The van der Waals surface area contributed by atoms with Crippen molar-refractivity contribution < 1.29 is 23.9 Å². The van der Waals surface area contributed by atoms with Gasteiger partial charge in [0.1, 0.15) is 25.5 Å². The zero-order valence-electron chi connectivity index (χ0n) is 12.7. The number of hydrogen-bond donors (Lipinski definition) is 0. The average Bonchev–Trinajstić information content (AvgIpc) is 2.95. The molecule has 1 aromatic heterocycles. The van der Waals surface area contributed by atoms with E-state index in [0.717, 1.165) is 0 Å². The van der Waals surface area contributed by atoms with Crippen LogP contribution in [0.5, 0.6) is 11.5 Å². The molecule has 126 valence electrons. The summed E-state index contributed by atoms with van der Waals surface area (Å²) < 4.78 is 17.4. The number of benzene rings is 1. The molecule has 3 rings (SSSR count). The third kappa shape index (κ3) is 3.13. The van der Waals surface area contributed by atoms with Crippen molar-refractivity contribution in [3.05, 3.63) is 50.8 Å². The van der Waals surface area contributed by atoms with Crippen LogP contribution in [0, 0.1) is 10.1 Å². The number of hydrogen-bond acceptors (Lipinski definition) is 6. The Morgan fingerprint density at radius 1 is 1.38 bits per heavy atom. The Morgan fingerprint density at radius 3 is 2.83 bits per heavy atom. The van der Waals surface area contributed by atoms with Gasteiger partial charge in [-0.25, -0.2) is 4.79 Å². The minimum atomic E-state index is -0.670. The molecule has 2 aromatic rings. The fourth-order valence-electron chi connectivity index (χ4n) is 2.32. The van der Waals surface area contributed by atoms with Crippen molar-refractivity contribution in [3.8, 4) is 11.5 Å². The van der Waals surface area contributed by atoms with Crippen LogP contribution in [0.25, 0.3) is 0 Å². The standard InChI is InChI=1S/C15H13ClN2O6/c1-17-7-10(18(20)21)6-12(17)15(19)24-8-9-4-11(16)14-13(5-9)22-2-3-23-14/h4-7H,2-3,8H2,1H3. The molecule has 0 aliphatic carbocycles. The minimum Gasteiger partial charge on any atom is -0.486 e. The second-order valence-electron chi connectivity index (χ2n) is 5.13. The molecule has 0 radical (unpaired) electrons. The highest BCUT2D eigenvalue weighted by Crippen LogP contribution is 2.38. The molecule has 1 aliphatic heterocycles. The molecule has 0 atom stereocenters. The summed E-state index contributed by atoms with van der Waals surface area (Å²) in [6.45, 7) is 0.793. The molecule has 1 aliphatic rings. The Bertz CT molecular complexity index is 817. The summed E-state index contributed by atoms with van der Waals surface area (Å²) in [5.41, 5.74) is 0.540. The average molecular weight is 353 g/mol. The molecule has 0 fully saturated rings. The van der Waals surface area contributed by atoms with E-state index in [2.05, 4.69) is 0 Å². The first-order valence-corrected chi connectivity index (χ1v) is 7.39. The Morgan fingerprint density at radius 2 is 2.12 bits per heavy atom. The normalized spacial score (nSPS) is 12.8. The molecule has 9 heteroatoms. The van der Waals surface area contributed by atoms with E-state index in [9.17, 15) is 14.9 Å². The second kappa shape index (κ2) is 6.40. The van der Waals surface area contributed by atoms with Crippen LogP contribution >= 0.6 is 11.6 Å². The maximum absolute atomic E-state index is 12.1. The summed E-state index contributed by atoms with van der Waals surface area (Å²) in [6.07, 6.45) is 1.25. The number of fused-ring (bicyclic) bond motifs is 1. The first-order valence-electron chi connectivity index (χ1n) is 7.01. The summed E-state index contributed by atoms with van der Waals surface area (Å²) in [5.74, 6) is 0.293. The molecule has 0 amide bonds. The van der Waals surface area contributed by atoms with Crippen molar-refractivity contribution >= 4 is 23.3 Å². The number of carbonyl (C=O) groups excluding carboxylic acids is 1. The van der Waals surface area contributed by atoms with Crippen molar-refractivity contribution in [2.24, 2.45) is 7.05 Å². The van der Waals surface area contributed by atoms with Gasteiger partial charge in [-0.3, -0.25) is 10.1 Å². The number of rotatable bonds is 4. The second-order valence-corrected chi connectivity index (χ2v) is 5.54. The summed E-state index contributed by atoms with van der Waals surface area (Å²) in [7, 11) is 1.53. The molecule has 0 N–H and O–H groups in total. The number of esters is 1. The van der Waals surface area contributed by atoms with Crippen LogP contribution in [-0.4, -0.2) is 28.7 Å². The smallest absolute Gasteiger partial charge is 0.355 e. The third-order valence-electron chi connectivity index (χ3n) is 3.44. The van der Waals surface area contributed by atoms with Crippen molar-refractivity contribution in [1.82, 2.24) is 4.57 Å². The van der Waals surface area contributed by atoms with E-state index in [1.165, 1.54) is 23.9 Å². The number of halogens is 1. The third-order valence-corrected chi connectivity index (χ3v) is 3.72. The Kier molecular flexibility index (Phi) is 4.30. The van der Waals surface area contributed by atoms with Crippen LogP contribution < -0.4 is 9.47 Å². The maximum Gasteiger partial charge on any atom is 0.355 e. The molecule has 24 heavy (non-hydrogen) atoms. The zero-order valence-corrected chi connectivity index (χ0v) is 13.4. The van der Waals surface area contributed by atoms with Gasteiger partial charge in [0.15, 0.2) is 11.5 Å². The van der Waals surface area contributed by atoms with Gasteiger partial charge in [0, 0.05) is 13.1 Å². The van der Waals surface area contributed by atoms with Crippen molar-refractivity contribution in [1.29, 1.82) is 0 Å². The highest BCUT2D eigenvalue weighted by atomic mass is 35.5. The highest BCUT2D eigenvalue weighted by molar-refractivity contribution is 6.32. The van der Waals surface area contributed by atoms with Crippen LogP contribution in [0.4, 0.5) is 5.69 Å². The van der Waals surface area contributed by atoms with Gasteiger partial charge in [0.05, 0.1) is 16.1 Å². The van der Waals surface area contributed by atoms with Crippen molar-refractivity contribution in [2.45, 2.75) is 6.61 Å². The molecule has 1 aromatic carbocycles. The van der Waals surface area contributed by atoms with E-state index < -0.39 is 10.9 Å². The summed E-state index contributed by atoms with van der Waals surface area (Å²) >= 11 is 6.12. The van der Waals surface area contributed by atoms with Gasteiger partial charge in [0.25, 0.3) is 5.69 Å². The summed E-state index contributed by atoms with van der Waals surface area (Å²) in [4.78, 5) is 22.3. The Hall–Kier alpha value is -2.74. The number of aromatic nitrogens is 1. The molecule has 2 heterocycles. The van der Waals surface area contributed by atoms with Crippen molar-refractivity contribution in [3.63, 3.8) is 0 Å². The zero-order chi connectivity index (χ0) is 17.3. The van der Waals surface area contributed by atoms with E-state index in [-0.39, 0.29) is 18.0 Å². The molecule has 8 nitrogen and oxygen atoms in total. The lowest BCUT2D eigenvalue weighted by molar-refractivity contribution is -0.384. The van der Waals surface area contributed by atoms with Crippen molar-refractivity contribution in [2.75, 3.05) is 13.2 Å². The van der Waals surface area contributed by atoms with E-state index >= 15 is 0 Å². The molecular weight excluding hydrogens is 340 g/mol. The SMILES string of the molecule is Cn1cc([N+](=O)[O-])cc1C(=O)OCc1cc(Cl)c2c(c1)OCCO2. The number of ether oxygens (including phenoxy) is 3.